The van der Waals surface area contributed by atoms with Crippen LogP contribution in [0.2, 0.25) is 0 Å². The standard InChI is InChI=1S/C13H20N2O3S2/c1-10(16)13-7-11(9-19-13)8-15-5-3-12(4-6-15)14-20(2,17)18/h7,9,12,14H,3-6,8H2,1-2H3. The highest BCUT2D eigenvalue weighted by molar-refractivity contribution is 7.88. The van der Waals surface area contributed by atoms with Gasteiger partial charge in [0.25, 0.3) is 0 Å². The van der Waals surface area contributed by atoms with Gasteiger partial charge in [-0.1, -0.05) is 0 Å². The molecular weight excluding hydrogens is 296 g/mol. The third-order valence-electron chi connectivity index (χ3n) is 3.38. The van der Waals surface area contributed by atoms with Crippen molar-refractivity contribution in [3.63, 3.8) is 0 Å². The summed E-state index contributed by atoms with van der Waals surface area (Å²) >= 11 is 1.49. The molecule has 0 aromatic carbocycles. The summed E-state index contributed by atoms with van der Waals surface area (Å²) in [6.07, 6.45) is 2.86. The molecule has 112 valence electrons. The van der Waals surface area contributed by atoms with Crippen molar-refractivity contribution in [2.45, 2.75) is 32.4 Å². The van der Waals surface area contributed by atoms with Crippen molar-refractivity contribution in [2.75, 3.05) is 19.3 Å². The van der Waals surface area contributed by atoms with E-state index in [4.69, 9.17) is 0 Å². The molecule has 1 aliphatic rings. The lowest BCUT2D eigenvalue weighted by Gasteiger charge is -2.31. The predicted molar refractivity (Wildman–Crippen MR) is 80.6 cm³/mol. The number of piperidine rings is 1. The Balaban J connectivity index is 1.83. The fourth-order valence-electron chi connectivity index (χ4n) is 2.41. The molecule has 0 unspecified atom stereocenters. The number of Topliss-reactive ketones (excluding diaryl/α,β-unsaturated/α-hetero) is 1. The summed E-state index contributed by atoms with van der Waals surface area (Å²) in [6.45, 7) is 4.16. The summed E-state index contributed by atoms with van der Waals surface area (Å²) in [5.74, 6) is 0.109. The van der Waals surface area contributed by atoms with Gasteiger partial charge >= 0.3 is 0 Å². The van der Waals surface area contributed by atoms with Crippen molar-refractivity contribution in [3.8, 4) is 0 Å². The zero-order valence-corrected chi connectivity index (χ0v) is 13.4. The van der Waals surface area contributed by atoms with Gasteiger partial charge in [-0.2, -0.15) is 0 Å². The third-order valence-corrected chi connectivity index (χ3v) is 5.22. The van der Waals surface area contributed by atoms with Gasteiger partial charge in [-0.3, -0.25) is 9.69 Å². The summed E-state index contributed by atoms with van der Waals surface area (Å²) in [5.41, 5.74) is 1.16. The number of sulfonamides is 1. The first-order valence-electron chi connectivity index (χ1n) is 6.61. The fraction of sp³-hybridized carbons (Fsp3) is 0.615. The van der Waals surface area contributed by atoms with Crippen LogP contribution in [0.1, 0.15) is 35.0 Å². The molecule has 0 amide bonds. The minimum atomic E-state index is -3.11. The summed E-state index contributed by atoms with van der Waals surface area (Å²) in [4.78, 5) is 14.4. The van der Waals surface area contributed by atoms with Crippen molar-refractivity contribution < 1.29 is 13.2 Å². The number of hydrogen-bond acceptors (Lipinski definition) is 5. The molecule has 20 heavy (non-hydrogen) atoms. The lowest BCUT2D eigenvalue weighted by Crippen LogP contribution is -2.43. The number of carbonyl (C=O) groups is 1. The van der Waals surface area contributed by atoms with Crippen LogP contribution in [0.25, 0.3) is 0 Å². The van der Waals surface area contributed by atoms with Crippen LogP contribution < -0.4 is 4.72 Å². The molecule has 2 rings (SSSR count). The van der Waals surface area contributed by atoms with Crippen LogP contribution in [0.5, 0.6) is 0 Å². The zero-order valence-electron chi connectivity index (χ0n) is 11.8. The van der Waals surface area contributed by atoms with Gasteiger partial charge < -0.3 is 0 Å². The van der Waals surface area contributed by atoms with Crippen molar-refractivity contribution in [1.29, 1.82) is 0 Å². The number of nitrogens with one attached hydrogen (secondary N) is 1. The normalized spacial score (nSPS) is 18.3. The second kappa shape index (κ2) is 6.34. The monoisotopic (exact) mass is 316 g/mol. The minimum Gasteiger partial charge on any atom is -0.299 e. The summed E-state index contributed by atoms with van der Waals surface area (Å²) in [7, 11) is -3.11. The maximum absolute atomic E-state index is 11.3. The summed E-state index contributed by atoms with van der Waals surface area (Å²) in [5, 5.41) is 2.03. The average Bonchev–Trinajstić information content (AvgIpc) is 2.78. The molecular formula is C13H20N2O3S2. The van der Waals surface area contributed by atoms with Crippen LogP contribution in [0.4, 0.5) is 0 Å². The molecule has 7 heteroatoms. The Labute approximate surface area is 124 Å². The van der Waals surface area contributed by atoms with Gasteiger partial charge in [0.2, 0.25) is 10.0 Å². The lowest BCUT2D eigenvalue weighted by atomic mass is 10.1. The molecule has 0 aliphatic carbocycles. The first-order chi connectivity index (χ1) is 9.33. The van der Waals surface area contributed by atoms with E-state index in [9.17, 15) is 13.2 Å². The van der Waals surface area contributed by atoms with Gasteiger partial charge in [0.1, 0.15) is 0 Å². The van der Waals surface area contributed by atoms with Crippen LogP contribution in [0.15, 0.2) is 11.4 Å². The SMILES string of the molecule is CC(=O)c1cc(CN2CCC(NS(C)(=O)=O)CC2)cs1. The third kappa shape index (κ3) is 4.66. The average molecular weight is 316 g/mol. The Morgan fingerprint density at radius 2 is 2.10 bits per heavy atom. The Kier molecular flexibility index (Phi) is 4.95. The molecule has 5 nitrogen and oxygen atoms in total. The van der Waals surface area contributed by atoms with E-state index in [2.05, 4.69) is 9.62 Å². The molecule has 0 atom stereocenters. The van der Waals surface area contributed by atoms with E-state index in [1.165, 1.54) is 17.6 Å². The quantitative estimate of drug-likeness (QED) is 0.835. The maximum Gasteiger partial charge on any atom is 0.208 e. The highest BCUT2D eigenvalue weighted by atomic mass is 32.2. The number of hydrogen-bond donors (Lipinski definition) is 1. The number of nitrogens with zero attached hydrogens (tertiary/aromatic N) is 1. The van der Waals surface area contributed by atoms with E-state index >= 15 is 0 Å². The molecule has 2 heterocycles. The van der Waals surface area contributed by atoms with E-state index < -0.39 is 10.0 Å². The second-order valence-electron chi connectivity index (χ2n) is 5.32. The fourth-order valence-corrected chi connectivity index (χ4v) is 4.06. The van der Waals surface area contributed by atoms with Crippen LogP contribution >= 0.6 is 11.3 Å². The summed E-state index contributed by atoms with van der Waals surface area (Å²) in [6, 6.07) is 2.00. The number of likely N-dealkylation sites (tertiary alicyclic amines) is 1. The molecule has 1 N–H and O–H groups in total. The van der Waals surface area contributed by atoms with Crippen molar-refractivity contribution in [1.82, 2.24) is 9.62 Å². The Morgan fingerprint density at radius 3 is 2.60 bits per heavy atom. The van der Waals surface area contributed by atoms with Crippen LogP contribution in [0, 0.1) is 0 Å². The molecule has 1 aromatic rings. The molecule has 0 spiro atoms. The van der Waals surface area contributed by atoms with Crippen LogP contribution in [0.3, 0.4) is 0 Å². The van der Waals surface area contributed by atoms with Crippen molar-refractivity contribution in [2.24, 2.45) is 0 Å². The predicted octanol–water partition coefficient (Wildman–Crippen LogP) is 1.46. The van der Waals surface area contributed by atoms with Gasteiger partial charge in [0, 0.05) is 25.7 Å². The van der Waals surface area contributed by atoms with Gasteiger partial charge in [-0.25, -0.2) is 13.1 Å². The number of carbonyl (C=O) groups excluding carboxylic acids is 1. The van der Waals surface area contributed by atoms with Gasteiger partial charge in [-0.05, 0) is 36.8 Å². The molecule has 0 bridgehead atoms. The van der Waals surface area contributed by atoms with E-state index in [-0.39, 0.29) is 11.8 Å². The van der Waals surface area contributed by atoms with Crippen LogP contribution in [-0.2, 0) is 16.6 Å². The summed E-state index contributed by atoms with van der Waals surface area (Å²) < 4.78 is 25.0. The van der Waals surface area contributed by atoms with Crippen molar-refractivity contribution >= 4 is 27.1 Å². The molecule has 1 saturated heterocycles. The zero-order chi connectivity index (χ0) is 14.8. The molecule has 1 fully saturated rings. The van der Waals surface area contributed by atoms with E-state index in [0.29, 0.717) is 0 Å². The van der Waals surface area contributed by atoms with Gasteiger partial charge in [-0.15, -0.1) is 11.3 Å². The van der Waals surface area contributed by atoms with Crippen molar-refractivity contribution in [3.05, 3.63) is 21.9 Å². The smallest absolute Gasteiger partial charge is 0.208 e. The molecule has 0 radical (unpaired) electrons. The topological polar surface area (TPSA) is 66.5 Å². The first-order valence-corrected chi connectivity index (χ1v) is 9.38. The molecule has 1 aliphatic heterocycles. The molecule has 1 aromatic heterocycles. The molecule has 0 saturated carbocycles. The Bertz CT molecular complexity index is 572. The second-order valence-corrected chi connectivity index (χ2v) is 8.01. The number of ketones is 1. The van der Waals surface area contributed by atoms with E-state index in [0.717, 1.165) is 42.9 Å². The number of thiophene rings is 1. The van der Waals surface area contributed by atoms with Gasteiger partial charge in [0.15, 0.2) is 5.78 Å². The maximum atomic E-state index is 11.3. The van der Waals surface area contributed by atoms with Gasteiger partial charge in [0.05, 0.1) is 11.1 Å². The van der Waals surface area contributed by atoms with E-state index in [1.807, 2.05) is 11.4 Å². The van der Waals surface area contributed by atoms with E-state index in [1.54, 1.807) is 6.92 Å². The van der Waals surface area contributed by atoms with Crippen LogP contribution in [-0.4, -0.2) is 44.5 Å². The Morgan fingerprint density at radius 1 is 1.45 bits per heavy atom. The minimum absolute atomic E-state index is 0.0523. The highest BCUT2D eigenvalue weighted by Crippen LogP contribution is 2.19. The lowest BCUT2D eigenvalue weighted by molar-refractivity contribution is 0.102. The number of rotatable bonds is 5. The highest BCUT2D eigenvalue weighted by Gasteiger charge is 2.21. The Hall–Kier alpha value is -0.760. The largest absolute Gasteiger partial charge is 0.299 e. The first kappa shape index (κ1) is 15.6.